The first kappa shape index (κ1) is 12.1. The van der Waals surface area contributed by atoms with Crippen molar-refractivity contribution in [2.75, 3.05) is 10.6 Å². The highest BCUT2D eigenvalue weighted by Gasteiger charge is 2.15. The van der Waals surface area contributed by atoms with Crippen LogP contribution in [-0.2, 0) is 9.59 Å². The van der Waals surface area contributed by atoms with Crippen molar-refractivity contribution in [3.05, 3.63) is 36.4 Å². The summed E-state index contributed by atoms with van der Waals surface area (Å²) in [6.07, 6.45) is 0. The zero-order chi connectivity index (χ0) is 13.1. The lowest BCUT2D eigenvalue weighted by atomic mass is 10.1. The first-order chi connectivity index (χ1) is 8.58. The molecular formula is C14H14N2O2. The molecule has 0 aromatic heterocycles. The quantitative estimate of drug-likeness (QED) is 0.850. The van der Waals surface area contributed by atoms with Crippen molar-refractivity contribution in [1.29, 1.82) is 0 Å². The molecule has 2 aliphatic carbocycles. The van der Waals surface area contributed by atoms with Gasteiger partial charge >= 0.3 is 0 Å². The smallest absolute Gasteiger partial charge is 0.221 e. The van der Waals surface area contributed by atoms with Crippen molar-refractivity contribution >= 4 is 23.2 Å². The summed E-state index contributed by atoms with van der Waals surface area (Å²) in [4.78, 5) is 22.3. The van der Waals surface area contributed by atoms with Gasteiger partial charge in [0, 0.05) is 25.0 Å². The third-order valence-electron chi connectivity index (χ3n) is 2.53. The van der Waals surface area contributed by atoms with Gasteiger partial charge in [-0.25, -0.2) is 0 Å². The lowest BCUT2D eigenvalue weighted by Crippen LogP contribution is -2.05. The Kier molecular flexibility index (Phi) is 3.28. The maximum absolute atomic E-state index is 11.2. The van der Waals surface area contributed by atoms with Gasteiger partial charge in [-0.2, -0.15) is 0 Å². The van der Waals surface area contributed by atoms with Crippen molar-refractivity contribution in [2.24, 2.45) is 0 Å². The minimum absolute atomic E-state index is 0.136. The van der Waals surface area contributed by atoms with Gasteiger partial charge in [-0.3, -0.25) is 9.59 Å². The first-order valence-corrected chi connectivity index (χ1v) is 5.65. The molecule has 18 heavy (non-hydrogen) atoms. The molecule has 0 unspecified atom stereocenters. The molecule has 0 atom stereocenters. The van der Waals surface area contributed by atoms with Crippen molar-refractivity contribution in [2.45, 2.75) is 13.8 Å². The molecule has 4 heteroatoms. The molecule has 2 rings (SSSR count). The Labute approximate surface area is 105 Å². The molecule has 0 saturated heterocycles. The molecule has 0 bridgehead atoms. The topological polar surface area (TPSA) is 58.2 Å². The number of amides is 2. The third kappa shape index (κ3) is 2.48. The maximum atomic E-state index is 11.2. The Morgan fingerprint density at radius 2 is 1.28 bits per heavy atom. The van der Waals surface area contributed by atoms with Crippen LogP contribution < -0.4 is 10.6 Å². The fourth-order valence-electron chi connectivity index (χ4n) is 1.90. The Hall–Kier alpha value is -2.36. The number of anilines is 2. The maximum Gasteiger partial charge on any atom is 0.221 e. The minimum Gasteiger partial charge on any atom is -0.326 e. The Morgan fingerprint density at radius 3 is 1.67 bits per heavy atom. The van der Waals surface area contributed by atoms with Gasteiger partial charge in [0.05, 0.1) is 11.4 Å². The summed E-state index contributed by atoms with van der Waals surface area (Å²) in [6.45, 7) is 2.92. The predicted molar refractivity (Wildman–Crippen MR) is 71.7 cm³/mol. The van der Waals surface area contributed by atoms with Crippen LogP contribution >= 0.6 is 0 Å². The molecule has 4 nitrogen and oxygen atoms in total. The van der Waals surface area contributed by atoms with Gasteiger partial charge in [-0.15, -0.1) is 0 Å². The largest absolute Gasteiger partial charge is 0.326 e. The number of fused-ring (bicyclic) bond motifs is 1. The van der Waals surface area contributed by atoms with Gasteiger partial charge in [0.25, 0.3) is 0 Å². The lowest BCUT2D eigenvalue weighted by Gasteiger charge is -2.02. The second kappa shape index (κ2) is 4.87. The number of hydrogen-bond donors (Lipinski definition) is 2. The Balaban J connectivity index is 2.53. The zero-order valence-electron chi connectivity index (χ0n) is 10.3. The van der Waals surface area contributed by atoms with Gasteiger partial charge in [0.2, 0.25) is 11.8 Å². The van der Waals surface area contributed by atoms with Crippen LogP contribution in [0, 0.1) is 0 Å². The predicted octanol–water partition coefficient (Wildman–Crippen LogP) is 2.71. The average molecular weight is 242 g/mol. The van der Waals surface area contributed by atoms with Crippen LogP contribution in [0.25, 0.3) is 11.1 Å². The van der Waals surface area contributed by atoms with Crippen LogP contribution in [-0.4, -0.2) is 11.8 Å². The molecule has 0 saturated carbocycles. The summed E-state index contributed by atoms with van der Waals surface area (Å²) in [6, 6.07) is 11.3. The molecular weight excluding hydrogens is 228 g/mol. The molecule has 92 valence electrons. The zero-order valence-corrected chi connectivity index (χ0v) is 10.3. The monoisotopic (exact) mass is 242 g/mol. The van der Waals surface area contributed by atoms with Gasteiger partial charge in [0.1, 0.15) is 0 Å². The third-order valence-corrected chi connectivity index (χ3v) is 2.53. The van der Waals surface area contributed by atoms with Crippen LogP contribution in [0.1, 0.15) is 13.8 Å². The summed E-state index contributed by atoms with van der Waals surface area (Å²) in [5.41, 5.74) is 3.22. The van der Waals surface area contributed by atoms with Crippen molar-refractivity contribution in [3.8, 4) is 11.1 Å². The fraction of sp³-hybridized carbons (Fsp3) is 0.143. The van der Waals surface area contributed by atoms with E-state index in [2.05, 4.69) is 10.6 Å². The first-order valence-electron chi connectivity index (χ1n) is 5.65. The van der Waals surface area contributed by atoms with Gasteiger partial charge in [0.15, 0.2) is 0 Å². The molecule has 2 amide bonds. The van der Waals surface area contributed by atoms with E-state index >= 15 is 0 Å². The van der Waals surface area contributed by atoms with E-state index in [0.29, 0.717) is 11.4 Å². The molecule has 0 spiro atoms. The van der Waals surface area contributed by atoms with Crippen molar-refractivity contribution < 1.29 is 9.59 Å². The molecule has 0 radical (unpaired) electrons. The highest BCUT2D eigenvalue weighted by Crippen LogP contribution is 2.39. The van der Waals surface area contributed by atoms with E-state index in [1.807, 2.05) is 30.3 Å². The standard InChI is InChI=1S/C14H14N2O2/c1-9(17)15-13-8-14(16-10(2)18)12-7-5-3-4-6-11(12)13/h3-8H,1-2H3,(H,15,17)(H,16,18). The highest BCUT2D eigenvalue weighted by molar-refractivity contribution is 6.04. The number of nitrogens with one attached hydrogen (secondary N) is 2. The molecule has 0 aromatic rings. The van der Waals surface area contributed by atoms with Gasteiger partial charge in [-0.05, 0) is 6.07 Å². The van der Waals surface area contributed by atoms with E-state index in [1.54, 1.807) is 6.07 Å². The SMILES string of the molecule is CC(=O)Nc1cc(NC(C)=O)c2cccccc1-2. The van der Waals surface area contributed by atoms with Crippen LogP contribution in [0.15, 0.2) is 36.4 Å². The van der Waals surface area contributed by atoms with Crippen molar-refractivity contribution in [1.82, 2.24) is 0 Å². The summed E-state index contributed by atoms with van der Waals surface area (Å²) in [7, 11) is 0. The molecule has 2 aliphatic rings. The summed E-state index contributed by atoms with van der Waals surface area (Å²) < 4.78 is 0. The normalized spacial score (nSPS) is 10.1. The van der Waals surface area contributed by atoms with E-state index in [0.717, 1.165) is 11.1 Å². The fourth-order valence-corrected chi connectivity index (χ4v) is 1.90. The van der Waals surface area contributed by atoms with Crippen LogP contribution in [0.5, 0.6) is 0 Å². The number of hydrogen-bond acceptors (Lipinski definition) is 2. The average Bonchev–Trinajstić information content (AvgIpc) is 2.49. The van der Waals surface area contributed by atoms with Gasteiger partial charge in [-0.1, -0.05) is 30.3 Å². The Morgan fingerprint density at radius 1 is 0.833 bits per heavy atom. The number of rotatable bonds is 2. The number of carbonyl (C=O) groups is 2. The van der Waals surface area contributed by atoms with Gasteiger partial charge < -0.3 is 10.6 Å². The van der Waals surface area contributed by atoms with Crippen molar-refractivity contribution in [3.63, 3.8) is 0 Å². The number of carbonyl (C=O) groups excluding carboxylic acids is 2. The molecule has 0 heterocycles. The van der Waals surface area contributed by atoms with E-state index in [4.69, 9.17) is 0 Å². The molecule has 0 aromatic carbocycles. The molecule has 2 N–H and O–H groups in total. The lowest BCUT2D eigenvalue weighted by molar-refractivity contribution is -0.115. The van der Waals surface area contributed by atoms with E-state index in [1.165, 1.54) is 13.8 Å². The van der Waals surface area contributed by atoms with Crippen LogP contribution in [0.4, 0.5) is 11.4 Å². The van der Waals surface area contributed by atoms with E-state index in [9.17, 15) is 9.59 Å². The Bertz CT molecular complexity index is 530. The molecule has 0 aliphatic heterocycles. The minimum atomic E-state index is -0.136. The highest BCUT2D eigenvalue weighted by atomic mass is 16.2. The summed E-state index contributed by atoms with van der Waals surface area (Å²) in [5.74, 6) is -0.273. The second-order valence-electron chi connectivity index (χ2n) is 4.07. The summed E-state index contributed by atoms with van der Waals surface area (Å²) in [5, 5.41) is 5.53. The van der Waals surface area contributed by atoms with E-state index in [-0.39, 0.29) is 11.8 Å². The second-order valence-corrected chi connectivity index (χ2v) is 4.07. The summed E-state index contributed by atoms with van der Waals surface area (Å²) >= 11 is 0. The van der Waals surface area contributed by atoms with Crippen LogP contribution in [0.3, 0.4) is 0 Å². The van der Waals surface area contributed by atoms with E-state index < -0.39 is 0 Å². The van der Waals surface area contributed by atoms with Crippen LogP contribution in [0.2, 0.25) is 0 Å². The molecule has 0 fully saturated rings.